The Morgan fingerprint density at radius 3 is 2.71 bits per heavy atom. The van der Waals surface area contributed by atoms with Crippen molar-refractivity contribution in [1.29, 1.82) is 0 Å². The Kier molecular flexibility index (Phi) is 3.55. The molecule has 0 bridgehead atoms. The number of rotatable bonds is 5. The lowest BCUT2D eigenvalue weighted by Crippen LogP contribution is -2.08. The van der Waals surface area contributed by atoms with Gasteiger partial charge in [0, 0.05) is 11.8 Å². The van der Waals surface area contributed by atoms with Gasteiger partial charge in [-0.1, -0.05) is 0 Å². The van der Waals surface area contributed by atoms with E-state index in [-0.39, 0.29) is 0 Å². The van der Waals surface area contributed by atoms with E-state index in [2.05, 4.69) is 5.10 Å². The number of benzene rings is 1. The van der Waals surface area contributed by atoms with E-state index in [0.717, 1.165) is 17.6 Å². The molecule has 0 amide bonds. The molecule has 17 heavy (non-hydrogen) atoms. The molecule has 1 aromatic heterocycles. The molecule has 0 spiro atoms. The highest BCUT2D eigenvalue weighted by molar-refractivity contribution is 5.74. The van der Waals surface area contributed by atoms with Crippen LogP contribution in [0.1, 0.15) is 15.9 Å². The van der Waals surface area contributed by atoms with E-state index in [0.29, 0.717) is 18.7 Å². The number of aryl methyl sites for hydroxylation is 1. The van der Waals surface area contributed by atoms with E-state index in [1.165, 1.54) is 0 Å². The van der Waals surface area contributed by atoms with Gasteiger partial charge in [0.15, 0.2) is 0 Å². The lowest BCUT2D eigenvalue weighted by molar-refractivity contribution is 0.112. The fourth-order valence-electron chi connectivity index (χ4n) is 1.49. The number of carbonyl (C=O) groups excluding carboxylic acids is 1. The summed E-state index contributed by atoms with van der Waals surface area (Å²) in [5.41, 5.74) is 1.79. The van der Waals surface area contributed by atoms with Crippen molar-refractivity contribution >= 4 is 6.29 Å². The minimum Gasteiger partial charge on any atom is -0.492 e. The van der Waals surface area contributed by atoms with Crippen LogP contribution in [0.25, 0.3) is 0 Å². The third kappa shape index (κ3) is 3.17. The zero-order chi connectivity index (χ0) is 12.1. The van der Waals surface area contributed by atoms with Gasteiger partial charge >= 0.3 is 0 Å². The van der Waals surface area contributed by atoms with Crippen molar-refractivity contribution in [2.45, 2.75) is 13.5 Å². The molecule has 1 aromatic carbocycles. The van der Waals surface area contributed by atoms with E-state index < -0.39 is 0 Å². The molecule has 0 N–H and O–H groups in total. The first-order chi connectivity index (χ1) is 8.28. The Morgan fingerprint density at radius 2 is 2.12 bits per heavy atom. The summed E-state index contributed by atoms with van der Waals surface area (Å²) >= 11 is 0. The second kappa shape index (κ2) is 5.30. The smallest absolute Gasteiger partial charge is 0.150 e. The molecule has 0 atom stereocenters. The lowest BCUT2D eigenvalue weighted by atomic mass is 10.2. The van der Waals surface area contributed by atoms with Crippen molar-refractivity contribution in [1.82, 2.24) is 9.78 Å². The van der Waals surface area contributed by atoms with Crippen LogP contribution < -0.4 is 4.74 Å². The van der Waals surface area contributed by atoms with Crippen LogP contribution in [-0.2, 0) is 6.54 Å². The van der Waals surface area contributed by atoms with Gasteiger partial charge in [0.05, 0.1) is 12.7 Å². The average Bonchev–Trinajstić information content (AvgIpc) is 2.76. The molecule has 0 aliphatic heterocycles. The first-order valence-electron chi connectivity index (χ1n) is 5.45. The topological polar surface area (TPSA) is 44.1 Å². The average molecular weight is 230 g/mol. The molecular weight excluding hydrogens is 216 g/mol. The van der Waals surface area contributed by atoms with Crippen LogP contribution in [0.15, 0.2) is 36.7 Å². The predicted molar refractivity (Wildman–Crippen MR) is 64.3 cm³/mol. The second-order valence-electron chi connectivity index (χ2n) is 3.82. The molecule has 1 heterocycles. The first kappa shape index (κ1) is 11.4. The normalized spacial score (nSPS) is 10.2. The standard InChI is InChI=1S/C13H14N2O2/c1-11-8-14-15(9-11)6-7-17-13-4-2-12(10-16)3-5-13/h2-5,8-10H,6-7H2,1H3. The Morgan fingerprint density at radius 1 is 1.35 bits per heavy atom. The van der Waals surface area contributed by atoms with Gasteiger partial charge in [0.25, 0.3) is 0 Å². The molecule has 2 aromatic rings. The molecule has 0 saturated heterocycles. The van der Waals surface area contributed by atoms with Gasteiger partial charge in [0.2, 0.25) is 0 Å². The third-order valence-electron chi connectivity index (χ3n) is 2.37. The molecule has 0 unspecified atom stereocenters. The fraction of sp³-hybridized carbons (Fsp3) is 0.231. The van der Waals surface area contributed by atoms with E-state index in [1.54, 1.807) is 24.3 Å². The first-order valence-corrected chi connectivity index (χ1v) is 5.45. The Balaban J connectivity index is 1.83. The summed E-state index contributed by atoms with van der Waals surface area (Å²) < 4.78 is 7.38. The number of aromatic nitrogens is 2. The summed E-state index contributed by atoms with van der Waals surface area (Å²) in [7, 11) is 0. The van der Waals surface area contributed by atoms with Gasteiger partial charge in [-0.25, -0.2) is 0 Å². The number of carbonyl (C=O) groups is 1. The van der Waals surface area contributed by atoms with Gasteiger partial charge in [0.1, 0.15) is 18.6 Å². The van der Waals surface area contributed by atoms with Gasteiger partial charge in [-0.3, -0.25) is 9.48 Å². The van der Waals surface area contributed by atoms with Crippen LogP contribution in [0.4, 0.5) is 0 Å². The maximum Gasteiger partial charge on any atom is 0.150 e. The number of hydrogen-bond acceptors (Lipinski definition) is 3. The van der Waals surface area contributed by atoms with Gasteiger partial charge in [-0.15, -0.1) is 0 Å². The van der Waals surface area contributed by atoms with Crippen molar-refractivity contribution in [3.05, 3.63) is 47.8 Å². The maximum atomic E-state index is 10.5. The zero-order valence-corrected chi connectivity index (χ0v) is 9.67. The number of aldehydes is 1. The number of hydrogen-bond donors (Lipinski definition) is 0. The zero-order valence-electron chi connectivity index (χ0n) is 9.67. The number of nitrogens with zero attached hydrogens (tertiary/aromatic N) is 2. The predicted octanol–water partition coefficient (Wildman–Crippen LogP) is 2.08. The quantitative estimate of drug-likeness (QED) is 0.739. The van der Waals surface area contributed by atoms with Gasteiger partial charge < -0.3 is 4.74 Å². The molecule has 88 valence electrons. The van der Waals surface area contributed by atoms with Crippen molar-refractivity contribution in [3.63, 3.8) is 0 Å². The summed E-state index contributed by atoms with van der Waals surface area (Å²) in [5.74, 6) is 0.763. The molecule has 0 fully saturated rings. The summed E-state index contributed by atoms with van der Waals surface area (Å²) in [6.07, 6.45) is 4.61. The van der Waals surface area contributed by atoms with Crippen LogP contribution in [-0.4, -0.2) is 22.7 Å². The summed E-state index contributed by atoms with van der Waals surface area (Å²) in [6.45, 7) is 3.27. The maximum absolute atomic E-state index is 10.5. The van der Waals surface area contributed by atoms with Crippen LogP contribution in [0.3, 0.4) is 0 Å². The fourth-order valence-corrected chi connectivity index (χ4v) is 1.49. The highest BCUT2D eigenvalue weighted by Crippen LogP contribution is 2.10. The molecule has 4 nitrogen and oxygen atoms in total. The van der Waals surface area contributed by atoms with E-state index >= 15 is 0 Å². The summed E-state index contributed by atoms with van der Waals surface area (Å²) in [6, 6.07) is 7.05. The third-order valence-corrected chi connectivity index (χ3v) is 2.37. The summed E-state index contributed by atoms with van der Waals surface area (Å²) in [5, 5.41) is 4.16. The largest absolute Gasteiger partial charge is 0.492 e. The molecule has 0 radical (unpaired) electrons. The highest BCUT2D eigenvalue weighted by atomic mass is 16.5. The van der Waals surface area contributed by atoms with Crippen LogP contribution in [0, 0.1) is 6.92 Å². The van der Waals surface area contributed by atoms with Crippen molar-refractivity contribution in [2.24, 2.45) is 0 Å². The lowest BCUT2D eigenvalue weighted by Gasteiger charge is -2.06. The minimum absolute atomic E-state index is 0.557. The van der Waals surface area contributed by atoms with Crippen molar-refractivity contribution < 1.29 is 9.53 Å². The molecule has 0 aliphatic carbocycles. The van der Waals surface area contributed by atoms with Crippen LogP contribution >= 0.6 is 0 Å². The SMILES string of the molecule is Cc1cnn(CCOc2ccc(C=O)cc2)c1. The van der Waals surface area contributed by atoms with Crippen molar-refractivity contribution in [2.75, 3.05) is 6.61 Å². The van der Waals surface area contributed by atoms with E-state index in [4.69, 9.17) is 4.74 Å². The Labute approximate surface area is 99.8 Å². The van der Waals surface area contributed by atoms with E-state index in [9.17, 15) is 4.79 Å². The van der Waals surface area contributed by atoms with Gasteiger partial charge in [-0.2, -0.15) is 5.10 Å². The highest BCUT2D eigenvalue weighted by Gasteiger charge is 1.96. The van der Waals surface area contributed by atoms with Crippen LogP contribution in [0.2, 0.25) is 0 Å². The van der Waals surface area contributed by atoms with Crippen molar-refractivity contribution in [3.8, 4) is 5.75 Å². The second-order valence-corrected chi connectivity index (χ2v) is 3.82. The molecule has 4 heteroatoms. The number of ether oxygens (including phenoxy) is 1. The minimum atomic E-state index is 0.557. The van der Waals surface area contributed by atoms with Gasteiger partial charge in [-0.05, 0) is 36.8 Å². The molecule has 0 aliphatic rings. The monoisotopic (exact) mass is 230 g/mol. The molecular formula is C13H14N2O2. The molecule has 2 rings (SSSR count). The molecule has 0 saturated carbocycles. The van der Waals surface area contributed by atoms with Crippen LogP contribution in [0.5, 0.6) is 5.75 Å². The van der Waals surface area contributed by atoms with E-state index in [1.807, 2.05) is 24.0 Å². The summed E-state index contributed by atoms with van der Waals surface area (Å²) in [4.78, 5) is 10.5. The Bertz CT molecular complexity index is 488. The Hall–Kier alpha value is -2.10.